The van der Waals surface area contributed by atoms with E-state index in [1.807, 2.05) is 11.8 Å². The Labute approximate surface area is 138 Å². The molecule has 0 unspecified atom stereocenters. The molecule has 3 rings (SSSR count). The molecule has 2 aromatic carbocycles. The number of piperazine rings is 1. The van der Waals surface area contributed by atoms with E-state index < -0.39 is 0 Å². The van der Waals surface area contributed by atoms with Gasteiger partial charge in [-0.05, 0) is 31.2 Å². The molecule has 1 aliphatic rings. The summed E-state index contributed by atoms with van der Waals surface area (Å²) in [5, 5.41) is 0. The Hall–Kier alpha value is -1.45. The van der Waals surface area contributed by atoms with Gasteiger partial charge < -0.3 is 4.90 Å². The van der Waals surface area contributed by atoms with Gasteiger partial charge in [0, 0.05) is 49.1 Å². The fraction of sp³-hybridized carbons (Fsp3) is 0.368. The normalized spacial score (nSPS) is 16.0. The van der Waals surface area contributed by atoms with Crippen molar-refractivity contribution in [2.75, 3.05) is 43.4 Å². The lowest BCUT2D eigenvalue weighted by Gasteiger charge is -2.36. The lowest BCUT2D eigenvalue weighted by molar-refractivity contribution is 0.273. The molecule has 0 bridgehead atoms. The third kappa shape index (κ3) is 4.28. The molecular weight excluding hydrogens is 288 g/mol. The molecule has 1 saturated heterocycles. The van der Waals surface area contributed by atoms with Crippen molar-refractivity contribution in [3.63, 3.8) is 0 Å². The van der Waals surface area contributed by atoms with Crippen LogP contribution in [-0.4, -0.2) is 43.4 Å². The number of para-hydroxylation sites is 1. The summed E-state index contributed by atoms with van der Waals surface area (Å²) < 4.78 is 0. The van der Waals surface area contributed by atoms with E-state index in [0.29, 0.717) is 0 Å². The Balaban J connectivity index is 1.40. The second-order valence-corrected chi connectivity index (χ2v) is 6.99. The molecular formula is C19H24N2S. The highest BCUT2D eigenvalue weighted by atomic mass is 32.2. The van der Waals surface area contributed by atoms with E-state index in [1.165, 1.54) is 41.5 Å². The number of rotatable bonds is 5. The number of hydrogen-bond acceptors (Lipinski definition) is 3. The van der Waals surface area contributed by atoms with Crippen LogP contribution in [0.4, 0.5) is 5.69 Å². The molecule has 0 N–H and O–H groups in total. The van der Waals surface area contributed by atoms with Gasteiger partial charge in [-0.3, -0.25) is 4.90 Å². The SMILES string of the molecule is Cc1ccc(SCCN2CCN(c3ccccc3)CC2)cc1. The van der Waals surface area contributed by atoms with Gasteiger partial charge in [0.2, 0.25) is 0 Å². The van der Waals surface area contributed by atoms with Crippen molar-refractivity contribution < 1.29 is 0 Å². The smallest absolute Gasteiger partial charge is 0.0367 e. The van der Waals surface area contributed by atoms with Crippen LogP contribution in [0.15, 0.2) is 59.5 Å². The molecule has 0 aromatic heterocycles. The maximum absolute atomic E-state index is 2.58. The van der Waals surface area contributed by atoms with Gasteiger partial charge in [0.1, 0.15) is 0 Å². The van der Waals surface area contributed by atoms with E-state index in [-0.39, 0.29) is 0 Å². The first-order chi connectivity index (χ1) is 10.8. The molecule has 22 heavy (non-hydrogen) atoms. The first-order valence-corrected chi connectivity index (χ1v) is 9.02. The van der Waals surface area contributed by atoms with E-state index in [9.17, 15) is 0 Å². The van der Waals surface area contributed by atoms with Crippen LogP contribution in [0.25, 0.3) is 0 Å². The van der Waals surface area contributed by atoms with Gasteiger partial charge in [-0.2, -0.15) is 0 Å². The fourth-order valence-electron chi connectivity index (χ4n) is 2.80. The fourth-order valence-corrected chi connectivity index (χ4v) is 3.71. The summed E-state index contributed by atoms with van der Waals surface area (Å²) in [7, 11) is 0. The lowest BCUT2D eigenvalue weighted by atomic mass is 10.2. The van der Waals surface area contributed by atoms with Crippen LogP contribution in [0, 0.1) is 6.92 Å². The Kier molecular flexibility index (Phi) is 5.41. The molecule has 1 heterocycles. The van der Waals surface area contributed by atoms with Crippen LogP contribution in [-0.2, 0) is 0 Å². The Bertz CT molecular complexity index is 560. The van der Waals surface area contributed by atoms with Crippen LogP contribution in [0.3, 0.4) is 0 Å². The lowest BCUT2D eigenvalue weighted by Crippen LogP contribution is -2.47. The molecule has 0 saturated carbocycles. The molecule has 0 spiro atoms. The Morgan fingerprint density at radius 3 is 2.23 bits per heavy atom. The van der Waals surface area contributed by atoms with E-state index in [1.54, 1.807) is 0 Å². The summed E-state index contributed by atoms with van der Waals surface area (Å²) in [4.78, 5) is 6.46. The molecule has 2 nitrogen and oxygen atoms in total. The zero-order valence-electron chi connectivity index (χ0n) is 13.2. The van der Waals surface area contributed by atoms with Crippen molar-refractivity contribution in [1.82, 2.24) is 4.90 Å². The summed E-state index contributed by atoms with van der Waals surface area (Å²) in [6.07, 6.45) is 0. The minimum atomic E-state index is 1.14. The monoisotopic (exact) mass is 312 g/mol. The van der Waals surface area contributed by atoms with Crippen molar-refractivity contribution in [2.24, 2.45) is 0 Å². The molecule has 0 atom stereocenters. The van der Waals surface area contributed by atoms with E-state index >= 15 is 0 Å². The highest BCUT2D eigenvalue weighted by Gasteiger charge is 2.16. The quantitative estimate of drug-likeness (QED) is 0.773. The number of hydrogen-bond donors (Lipinski definition) is 0. The molecule has 0 amide bonds. The zero-order chi connectivity index (χ0) is 15.2. The van der Waals surface area contributed by atoms with Gasteiger partial charge >= 0.3 is 0 Å². The van der Waals surface area contributed by atoms with Crippen molar-refractivity contribution in [2.45, 2.75) is 11.8 Å². The minimum absolute atomic E-state index is 1.14. The molecule has 0 radical (unpaired) electrons. The summed E-state index contributed by atoms with van der Waals surface area (Å²) >= 11 is 1.96. The minimum Gasteiger partial charge on any atom is -0.369 e. The second kappa shape index (κ2) is 7.70. The summed E-state index contributed by atoms with van der Waals surface area (Å²) in [6, 6.07) is 19.6. The predicted octanol–water partition coefficient (Wildman–Crippen LogP) is 3.91. The molecule has 3 heteroatoms. The van der Waals surface area contributed by atoms with Crippen molar-refractivity contribution in [1.29, 1.82) is 0 Å². The third-order valence-electron chi connectivity index (χ3n) is 4.19. The topological polar surface area (TPSA) is 6.48 Å². The number of aryl methyl sites for hydroxylation is 1. The van der Waals surface area contributed by atoms with Crippen LogP contribution in [0.2, 0.25) is 0 Å². The van der Waals surface area contributed by atoms with Gasteiger partial charge in [0.25, 0.3) is 0 Å². The number of thioether (sulfide) groups is 1. The van der Waals surface area contributed by atoms with E-state index in [2.05, 4.69) is 71.3 Å². The maximum atomic E-state index is 2.58. The third-order valence-corrected chi connectivity index (χ3v) is 5.18. The largest absolute Gasteiger partial charge is 0.369 e. The molecule has 116 valence electrons. The highest BCUT2D eigenvalue weighted by molar-refractivity contribution is 7.99. The first kappa shape index (κ1) is 15.4. The van der Waals surface area contributed by atoms with Gasteiger partial charge in [0.15, 0.2) is 0 Å². The van der Waals surface area contributed by atoms with Gasteiger partial charge in [-0.1, -0.05) is 35.9 Å². The van der Waals surface area contributed by atoms with E-state index in [4.69, 9.17) is 0 Å². The predicted molar refractivity (Wildman–Crippen MR) is 97.0 cm³/mol. The summed E-state index contributed by atoms with van der Waals surface area (Å²) in [5.74, 6) is 1.17. The van der Waals surface area contributed by atoms with Crippen molar-refractivity contribution >= 4 is 17.4 Å². The molecule has 2 aromatic rings. The zero-order valence-corrected chi connectivity index (χ0v) is 14.1. The highest BCUT2D eigenvalue weighted by Crippen LogP contribution is 2.19. The van der Waals surface area contributed by atoms with Crippen LogP contribution in [0.5, 0.6) is 0 Å². The summed E-state index contributed by atoms with van der Waals surface area (Å²) in [6.45, 7) is 7.94. The Morgan fingerprint density at radius 2 is 1.55 bits per heavy atom. The molecule has 0 aliphatic carbocycles. The average Bonchev–Trinajstić information content (AvgIpc) is 2.58. The summed E-state index contributed by atoms with van der Waals surface area (Å²) in [5.41, 5.74) is 2.69. The van der Waals surface area contributed by atoms with Crippen LogP contribution < -0.4 is 4.90 Å². The maximum Gasteiger partial charge on any atom is 0.0367 e. The number of nitrogens with zero attached hydrogens (tertiary/aromatic N) is 2. The second-order valence-electron chi connectivity index (χ2n) is 5.83. The molecule has 1 aliphatic heterocycles. The first-order valence-electron chi connectivity index (χ1n) is 8.03. The van der Waals surface area contributed by atoms with Crippen LogP contribution in [0.1, 0.15) is 5.56 Å². The molecule has 1 fully saturated rings. The van der Waals surface area contributed by atoms with Gasteiger partial charge in [-0.25, -0.2) is 0 Å². The Morgan fingerprint density at radius 1 is 0.864 bits per heavy atom. The number of benzene rings is 2. The average molecular weight is 312 g/mol. The van der Waals surface area contributed by atoms with Gasteiger partial charge in [0.05, 0.1) is 0 Å². The van der Waals surface area contributed by atoms with E-state index in [0.717, 1.165) is 13.1 Å². The number of anilines is 1. The van der Waals surface area contributed by atoms with Crippen LogP contribution >= 0.6 is 11.8 Å². The standard InChI is InChI=1S/C19H24N2S/c1-17-7-9-19(10-8-17)22-16-15-20-11-13-21(14-12-20)18-5-3-2-4-6-18/h2-10H,11-16H2,1H3. The van der Waals surface area contributed by atoms with Crippen molar-refractivity contribution in [3.05, 3.63) is 60.2 Å². The van der Waals surface area contributed by atoms with Crippen molar-refractivity contribution in [3.8, 4) is 0 Å². The van der Waals surface area contributed by atoms with Gasteiger partial charge in [-0.15, -0.1) is 11.8 Å².